The molecule has 5 rings (SSSR count). The largest absolute Gasteiger partial charge is 0.507 e. The standard InChI is InChI=1S/C28H23Cl2NO3/c1-16-6-13-22(15-23(16)30)31-25(18-9-11-21(29)12-10-18)24(27(33)28(31)34)26(32)20-8-7-17-4-2-3-5-19(17)14-20/h6-15,25,32H,2-5H2,1H3/b26-24-. The number of rotatable bonds is 3. The first-order valence-corrected chi connectivity index (χ1v) is 12.1. The minimum Gasteiger partial charge on any atom is -0.507 e. The monoisotopic (exact) mass is 491 g/mol. The molecule has 1 N–H and O–H groups in total. The number of halogens is 2. The van der Waals surface area contributed by atoms with Crippen molar-refractivity contribution in [2.24, 2.45) is 0 Å². The van der Waals surface area contributed by atoms with Crippen molar-refractivity contribution >= 4 is 46.3 Å². The van der Waals surface area contributed by atoms with Crippen LogP contribution in [-0.4, -0.2) is 16.8 Å². The molecule has 3 aromatic rings. The number of anilines is 1. The van der Waals surface area contributed by atoms with Crippen LogP contribution in [0.1, 0.15) is 46.7 Å². The Morgan fingerprint density at radius 2 is 1.62 bits per heavy atom. The minimum absolute atomic E-state index is 0.0554. The van der Waals surface area contributed by atoms with Crippen molar-refractivity contribution in [2.75, 3.05) is 4.90 Å². The van der Waals surface area contributed by atoms with E-state index in [9.17, 15) is 14.7 Å². The summed E-state index contributed by atoms with van der Waals surface area (Å²) in [6.07, 6.45) is 4.20. The highest BCUT2D eigenvalue weighted by molar-refractivity contribution is 6.51. The molecule has 2 aliphatic rings. The third kappa shape index (κ3) is 3.91. The van der Waals surface area contributed by atoms with Crippen molar-refractivity contribution in [3.63, 3.8) is 0 Å². The van der Waals surface area contributed by atoms with Gasteiger partial charge in [0.25, 0.3) is 11.7 Å². The van der Waals surface area contributed by atoms with Crippen LogP contribution in [0.15, 0.2) is 66.2 Å². The fourth-order valence-electron chi connectivity index (χ4n) is 4.83. The molecule has 1 unspecified atom stereocenters. The van der Waals surface area contributed by atoms with Crippen LogP contribution >= 0.6 is 23.2 Å². The number of benzene rings is 3. The van der Waals surface area contributed by atoms with Crippen molar-refractivity contribution in [3.05, 3.63) is 104 Å². The van der Waals surface area contributed by atoms with Gasteiger partial charge >= 0.3 is 0 Å². The Balaban J connectivity index is 1.70. The molecule has 0 aromatic heterocycles. The molecule has 6 heteroatoms. The molecule has 1 amide bonds. The molecular weight excluding hydrogens is 469 g/mol. The van der Waals surface area contributed by atoms with Gasteiger partial charge in [0.15, 0.2) is 0 Å². The first kappa shape index (κ1) is 22.7. The number of Topliss-reactive ketones (excluding diaryl/α,β-unsaturated/α-hetero) is 1. The van der Waals surface area contributed by atoms with Crippen LogP contribution in [0.3, 0.4) is 0 Å². The summed E-state index contributed by atoms with van der Waals surface area (Å²) in [5.41, 5.74) is 5.06. The van der Waals surface area contributed by atoms with Crippen molar-refractivity contribution in [1.82, 2.24) is 0 Å². The molecule has 1 heterocycles. The number of aliphatic hydroxyl groups is 1. The Kier molecular flexibility index (Phi) is 5.97. The highest BCUT2D eigenvalue weighted by atomic mass is 35.5. The average Bonchev–Trinajstić information content (AvgIpc) is 3.11. The van der Waals surface area contributed by atoms with Crippen molar-refractivity contribution in [3.8, 4) is 0 Å². The Hall–Kier alpha value is -3.08. The van der Waals surface area contributed by atoms with Crippen LogP contribution in [0.4, 0.5) is 5.69 Å². The number of ketones is 1. The van der Waals surface area contributed by atoms with E-state index < -0.39 is 17.7 Å². The molecule has 172 valence electrons. The van der Waals surface area contributed by atoms with Gasteiger partial charge in [-0.15, -0.1) is 0 Å². The van der Waals surface area contributed by atoms with Crippen LogP contribution in [0.5, 0.6) is 0 Å². The second kappa shape index (κ2) is 8.94. The smallest absolute Gasteiger partial charge is 0.300 e. The number of aliphatic hydroxyl groups excluding tert-OH is 1. The molecule has 1 atom stereocenters. The fraction of sp³-hybridized carbons (Fsp3) is 0.214. The topological polar surface area (TPSA) is 57.6 Å². The Labute approximate surface area is 208 Å². The van der Waals surface area contributed by atoms with E-state index >= 15 is 0 Å². The second-order valence-corrected chi connectivity index (χ2v) is 9.69. The predicted octanol–water partition coefficient (Wildman–Crippen LogP) is 6.81. The summed E-state index contributed by atoms with van der Waals surface area (Å²) in [7, 11) is 0. The predicted molar refractivity (Wildman–Crippen MR) is 136 cm³/mol. The second-order valence-electron chi connectivity index (χ2n) is 8.84. The van der Waals surface area contributed by atoms with Crippen LogP contribution in [-0.2, 0) is 22.4 Å². The number of amides is 1. The molecule has 1 aliphatic heterocycles. The number of carbonyl (C=O) groups is 2. The Bertz CT molecular complexity index is 1340. The Morgan fingerprint density at radius 1 is 0.912 bits per heavy atom. The summed E-state index contributed by atoms with van der Waals surface area (Å²) in [5.74, 6) is -1.61. The van der Waals surface area contributed by atoms with Crippen LogP contribution < -0.4 is 4.90 Å². The van der Waals surface area contributed by atoms with Crippen LogP contribution in [0.2, 0.25) is 10.0 Å². The third-order valence-corrected chi connectivity index (χ3v) is 7.34. The lowest BCUT2D eigenvalue weighted by Gasteiger charge is -2.26. The quantitative estimate of drug-likeness (QED) is 0.248. The third-order valence-electron chi connectivity index (χ3n) is 6.69. The summed E-state index contributed by atoms with van der Waals surface area (Å²) in [5, 5.41) is 12.4. The molecule has 0 spiro atoms. The van der Waals surface area contributed by atoms with Crippen molar-refractivity contribution in [2.45, 2.75) is 38.6 Å². The number of hydrogen-bond acceptors (Lipinski definition) is 3. The summed E-state index contributed by atoms with van der Waals surface area (Å²) in [4.78, 5) is 28.0. The maximum absolute atomic E-state index is 13.3. The lowest BCUT2D eigenvalue weighted by molar-refractivity contribution is -0.132. The van der Waals surface area contributed by atoms with Gasteiger partial charge in [-0.25, -0.2) is 0 Å². The maximum Gasteiger partial charge on any atom is 0.300 e. The number of fused-ring (bicyclic) bond motifs is 1. The van der Waals surface area contributed by atoms with Gasteiger partial charge in [-0.1, -0.05) is 53.5 Å². The molecular formula is C28H23Cl2NO3. The molecule has 1 aliphatic carbocycles. The summed E-state index contributed by atoms with van der Waals surface area (Å²) in [6, 6.07) is 17.1. The Morgan fingerprint density at radius 3 is 2.32 bits per heavy atom. The van der Waals surface area contributed by atoms with E-state index in [0.29, 0.717) is 26.9 Å². The number of hydrogen-bond donors (Lipinski definition) is 1. The van der Waals surface area contributed by atoms with Gasteiger partial charge in [0.05, 0.1) is 11.6 Å². The fourth-order valence-corrected chi connectivity index (χ4v) is 5.13. The first-order chi connectivity index (χ1) is 16.3. The van der Waals surface area contributed by atoms with Gasteiger partial charge in [0, 0.05) is 21.3 Å². The van der Waals surface area contributed by atoms with Gasteiger partial charge in [-0.2, -0.15) is 0 Å². The van der Waals surface area contributed by atoms with Gasteiger partial charge in [-0.05, 0) is 85.2 Å². The van der Waals surface area contributed by atoms with E-state index in [1.165, 1.54) is 16.0 Å². The van der Waals surface area contributed by atoms with E-state index in [4.69, 9.17) is 23.2 Å². The van der Waals surface area contributed by atoms with E-state index in [2.05, 4.69) is 0 Å². The van der Waals surface area contributed by atoms with Gasteiger partial charge in [0.1, 0.15) is 5.76 Å². The van der Waals surface area contributed by atoms with E-state index in [0.717, 1.165) is 31.2 Å². The summed E-state index contributed by atoms with van der Waals surface area (Å²) >= 11 is 12.5. The normalized spacial score (nSPS) is 19.4. The van der Waals surface area contributed by atoms with Crippen molar-refractivity contribution in [1.29, 1.82) is 0 Å². The zero-order valence-corrected chi connectivity index (χ0v) is 20.2. The highest BCUT2D eigenvalue weighted by Crippen LogP contribution is 2.43. The van der Waals surface area contributed by atoms with E-state index in [-0.39, 0.29) is 11.3 Å². The maximum atomic E-state index is 13.3. The first-order valence-electron chi connectivity index (χ1n) is 11.3. The zero-order chi connectivity index (χ0) is 24.0. The molecule has 1 fully saturated rings. The van der Waals surface area contributed by atoms with Crippen molar-refractivity contribution < 1.29 is 14.7 Å². The summed E-state index contributed by atoms with van der Waals surface area (Å²) < 4.78 is 0. The molecule has 3 aromatic carbocycles. The molecule has 0 saturated carbocycles. The molecule has 0 bridgehead atoms. The molecule has 4 nitrogen and oxygen atoms in total. The number of nitrogens with zero attached hydrogens (tertiary/aromatic N) is 1. The number of carbonyl (C=O) groups excluding carboxylic acids is 2. The van der Waals surface area contributed by atoms with Gasteiger partial charge in [0.2, 0.25) is 0 Å². The van der Waals surface area contributed by atoms with E-state index in [1.54, 1.807) is 42.5 Å². The molecule has 0 radical (unpaired) electrons. The number of aryl methyl sites for hydroxylation is 3. The molecule has 34 heavy (non-hydrogen) atoms. The summed E-state index contributed by atoms with van der Waals surface area (Å²) in [6.45, 7) is 1.87. The molecule has 1 saturated heterocycles. The zero-order valence-electron chi connectivity index (χ0n) is 18.6. The lowest BCUT2D eigenvalue weighted by atomic mass is 9.88. The van der Waals surface area contributed by atoms with Crippen LogP contribution in [0.25, 0.3) is 5.76 Å². The minimum atomic E-state index is -0.813. The highest BCUT2D eigenvalue weighted by Gasteiger charge is 2.47. The van der Waals surface area contributed by atoms with E-state index in [1.807, 2.05) is 25.1 Å². The van der Waals surface area contributed by atoms with Crippen LogP contribution in [0, 0.1) is 6.92 Å². The SMILES string of the molecule is Cc1ccc(N2C(=O)C(=O)/C(=C(\O)c3ccc4c(c3)CCCC4)C2c2ccc(Cl)cc2)cc1Cl. The average molecular weight is 492 g/mol. The van der Waals surface area contributed by atoms with Gasteiger partial charge in [-0.3, -0.25) is 14.5 Å². The van der Waals surface area contributed by atoms with Gasteiger partial charge < -0.3 is 5.11 Å². The lowest BCUT2D eigenvalue weighted by Crippen LogP contribution is -2.29.